The van der Waals surface area contributed by atoms with E-state index >= 15 is 0 Å². The Kier molecular flexibility index (Phi) is 7.39. The van der Waals surface area contributed by atoms with Crippen LogP contribution in [0.5, 0.6) is 5.75 Å². The van der Waals surface area contributed by atoms with Crippen LogP contribution in [0.2, 0.25) is 5.02 Å². The van der Waals surface area contributed by atoms with Crippen molar-refractivity contribution < 1.29 is 9.84 Å². The molecular weight excluding hydrogens is 360 g/mol. The minimum atomic E-state index is -0.507. The number of halogens is 1. The van der Waals surface area contributed by atoms with E-state index in [0.717, 1.165) is 41.9 Å². The number of ether oxygens (including phenoxy) is 1. The molecule has 2 aromatic rings. The fourth-order valence-electron chi connectivity index (χ4n) is 3.16. The molecule has 0 saturated heterocycles. The van der Waals surface area contributed by atoms with Crippen molar-refractivity contribution in [3.63, 3.8) is 0 Å². The van der Waals surface area contributed by atoms with Crippen molar-refractivity contribution in [3.05, 3.63) is 59.1 Å². The quantitative estimate of drug-likeness (QED) is 0.609. The van der Waals surface area contributed by atoms with Crippen LogP contribution in [0.25, 0.3) is 0 Å². The summed E-state index contributed by atoms with van der Waals surface area (Å²) in [7, 11) is 1.89. The molecule has 0 radical (unpaired) electrons. The lowest BCUT2D eigenvalue weighted by atomic mass is 10.1. The lowest BCUT2D eigenvalue weighted by Gasteiger charge is -2.25. The van der Waals surface area contributed by atoms with Gasteiger partial charge in [0.1, 0.15) is 18.5 Å². The van der Waals surface area contributed by atoms with Crippen LogP contribution in [0.15, 0.2) is 48.5 Å². The fraction of sp³-hybridized carbons (Fsp3) is 0.455. The first-order valence-corrected chi connectivity index (χ1v) is 10.1. The van der Waals surface area contributed by atoms with Gasteiger partial charge in [-0.1, -0.05) is 23.7 Å². The van der Waals surface area contributed by atoms with Crippen molar-refractivity contribution in [2.24, 2.45) is 5.92 Å². The summed E-state index contributed by atoms with van der Waals surface area (Å²) >= 11 is 6.08. The summed E-state index contributed by atoms with van der Waals surface area (Å²) in [6, 6.07) is 15.8. The molecule has 3 rings (SSSR count). The first kappa shape index (κ1) is 20.0. The van der Waals surface area contributed by atoms with E-state index < -0.39 is 6.10 Å². The van der Waals surface area contributed by atoms with Crippen LogP contribution >= 0.6 is 11.6 Å². The van der Waals surface area contributed by atoms with Gasteiger partial charge in [0.25, 0.3) is 0 Å². The Morgan fingerprint density at radius 1 is 1.22 bits per heavy atom. The third kappa shape index (κ3) is 7.06. The Balaban J connectivity index is 1.47. The van der Waals surface area contributed by atoms with E-state index in [1.807, 2.05) is 49.5 Å². The molecule has 0 aliphatic heterocycles. The van der Waals surface area contributed by atoms with Crippen molar-refractivity contribution in [2.75, 3.05) is 38.6 Å². The summed E-state index contributed by atoms with van der Waals surface area (Å²) in [6.07, 6.45) is 3.04. The van der Waals surface area contributed by atoms with Crippen LogP contribution in [0, 0.1) is 5.92 Å². The number of aliphatic hydroxyl groups is 1. The highest BCUT2D eigenvalue weighted by molar-refractivity contribution is 6.30. The van der Waals surface area contributed by atoms with E-state index in [2.05, 4.69) is 16.3 Å². The average molecular weight is 389 g/mol. The van der Waals surface area contributed by atoms with Crippen molar-refractivity contribution in [1.29, 1.82) is 0 Å². The van der Waals surface area contributed by atoms with E-state index in [4.69, 9.17) is 16.3 Å². The Morgan fingerprint density at radius 2 is 2.00 bits per heavy atom. The van der Waals surface area contributed by atoms with Gasteiger partial charge in [0, 0.05) is 37.4 Å². The topological polar surface area (TPSA) is 44.7 Å². The summed E-state index contributed by atoms with van der Waals surface area (Å²) < 4.78 is 5.75. The minimum absolute atomic E-state index is 0.303. The van der Waals surface area contributed by atoms with Crippen molar-refractivity contribution in [2.45, 2.75) is 25.4 Å². The molecule has 1 fully saturated rings. The largest absolute Gasteiger partial charge is 0.491 e. The molecule has 1 atom stereocenters. The van der Waals surface area contributed by atoms with Crippen LogP contribution in [-0.2, 0) is 6.42 Å². The maximum absolute atomic E-state index is 10.5. The lowest BCUT2D eigenvalue weighted by molar-refractivity contribution is 0.0669. The number of nitrogens with zero attached hydrogens (tertiary/aromatic N) is 1. The predicted octanol–water partition coefficient (Wildman–Crippen LogP) is 4.08. The molecule has 0 heterocycles. The molecule has 0 amide bonds. The lowest BCUT2D eigenvalue weighted by Crippen LogP contribution is -2.38. The number of hydrogen-bond acceptors (Lipinski definition) is 4. The second-order valence-corrected chi connectivity index (χ2v) is 7.76. The van der Waals surface area contributed by atoms with Crippen molar-refractivity contribution in [3.8, 4) is 5.75 Å². The average Bonchev–Trinajstić information content (AvgIpc) is 3.49. The molecule has 2 aromatic carbocycles. The molecule has 1 aliphatic rings. The van der Waals surface area contributed by atoms with Crippen molar-refractivity contribution in [1.82, 2.24) is 4.90 Å². The summed E-state index contributed by atoms with van der Waals surface area (Å²) in [5.41, 5.74) is 2.28. The maximum atomic E-state index is 10.5. The van der Waals surface area contributed by atoms with Gasteiger partial charge in [-0.2, -0.15) is 0 Å². The Bertz CT molecular complexity index is 704. The normalized spacial score (nSPS) is 15.0. The van der Waals surface area contributed by atoms with Gasteiger partial charge in [-0.05, 0) is 67.1 Å². The molecule has 0 bridgehead atoms. The van der Waals surface area contributed by atoms with Gasteiger partial charge < -0.3 is 20.1 Å². The minimum Gasteiger partial charge on any atom is -0.491 e. The third-order valence-corrected chi connectivity index (χ3v) is 5.11. The summed E-state index contributed by atoms with van der Waals surface area (Å²) in [4.78, 5) is 2.36. The Hall–Kier alpha value is -1.75. The van der Waals surface area contributed by atoms with Gasteiger partial charge in [0.05, 0.1) is 0 Å². The zero-order valence-corrected chi connectivity index (χ0v) is 16.7. The maximum Gasteiger partial charge on any atom is 0.119 e. The molecule has 2 N–H and O–H groups in total. The summed E-state index contributed by atoms with van der Waals surface area (Å²) in [6.45, 7) is 2.90. The SMILES string of the molecule is CNc1ccc(OCC(O)CN(CCc2cccc(Cl)c2)CC2CC2)cc1. The van der Waals surface area contributed by atoms with Gasteiger partial charge >= 0.3 is 0 Å². The molecule has 0 spiro atoms. The summed E-state index contributed by atoms with van der Waals surface area (Å²) in [5, 5.41) is 14.3. The smallest absolute Gasteiger partial charge is 0.119 e. The third-order valence-electron chi connectivity index (χ3n) is 4.87. The van der Waals surface area contributed by atoms with Crippen molar-refractivity contribution >= 4 is 17.3 Å². The molecule has 0 aromatic heterocycles. The van der Waals surface area contributed by atoms with Gasteiger partial charge in [-0.25, -0.2) is 0 Å². The van der Waals surface area contributed by atoms with E-state index in [0.29, 0.717) is 13.2 Å². The second-order valence-electron chi connectivity index (χ2n) is 7.32. The van der Waals surface area contributed by atoms with E-state index in [9.17, 15) is 5.11 Å². The number of anilines is 1. The van der Waals surface area contributed by atoms with E-state index in [-0.39, 0.29) is 0 Å². The highest BCUT2D eigenvalue weighted by Gasteiger charge is 2.25. The van der Waals surface area contributed by atoms with Gasteiger partial charge in [0.2, 0.25) is 0 Å². The number of rotatable bonds is 11. The monoisotopic (exact) mass is 388 g/mol. The predicted molar refractivity (Wildman–Crippen MR) is 112 cm³/mol. The van der Waals surface area contributed by atoms with Crippen LogP contribution in [0.4, 0.5) is 5.69 Å². The first-order valence-electron chi connectivity index (χ1n) is 9.68. The number of benzene rings is 2. The molecule has 5 heteroatoms. The molecule has 1 unspecified atom stereocenters. The van der Waals surface area contributed by atoms with Gasteiger partial charge in [-0.15, -0.1) is 0 Å². The number of hydrogen-bond donors (Lipinski definition) is 2. The van der Waals surface area contributed by atoms with E-state index in [1.165, 1.54) is 18.4 Å². The zero-order chi connectivity index (χ0) is 19.1. The Labute approximate surface area is 167 Å². The molecule has 4 nitrogen and oxygen atoms in total. The first-order chi connectivity index (χ1) is 13.1. The van der Waals surface area contributed by atoms with Gasteiger partial charge in [-0.3, -0.25) is 0 Å². The number of aliphatic hydroxyl groups excluding tert-OH is 1. The van der Waals surface area contributed by atoms with Gasteiger partial charge in [0.15, 0.2) is 0 Å². The standard InChI is InChI=1S/C22H29ClN2O2/c1-24-20-7-9-22(10-8-20)27-16-21(26)15-25(14-18-5-6-18)12-11-17-3-2-4-19(23)13-17/h2-4,7-10,13,18,21,24,26H,5-6,11-12,14-16H2,1H3. The van der Waals surface area contributed by atoms with Crippen LogP contribution in [0.1, 0.15) is 18.4 Å². The van der Waals surface area contributed by atoms with Crippen LogP contribution in [-0.4, -0.2) is 49.4 Å². The van der Waals surface area contributed by atoms with E-state index in [1.54, 1.807) is 0 Å². The molecule has 1 aliphatic carbocycles. The highest BCUT2D eigenvalue weighted by Crippen LogP contribution is 2.30. The highest BCUT2D eigenvalue weighted by atomic mass is 35.5. The number of nitrogens with one attached hydrogen (secondary N) is 1. The van der Waals surface area contributed by atoms with Crippen LogP contribution in [0.3, 0.4) is 0 Å². The molecule has 146 valence electrons. The molecule has 27 heavy (non-hydrogen) atoms. The summed E-state index contributed by atoms with van der Waals surface area (Å²) in [5.74, 6) is 1.56. The zero-order valence-electron chi connectivity index (χ0n) is 15.9. The Morgan fingerprint density at radius 3 is 2.67 bits per heavy atom. The van der Waals surface area contributed by atoms with Crippen LogP contribution < -0.4 is 10.1 Å². The fourth-order valence-corrected chi connectivity index (χ4v) is 3.38. The molecular formula is C22H29ClN2O2. The second kappa shape index (κ2) is 9.98. The molecule has 1 saturated carbocycles.